The molecule has 0 saturated carbocycles. The number of rotatable bonds is 9. The van der Waals surface area contributed by atoms with Crippen LogP contribution in [0.1, 0.15) is 0 Å². The highest BCUT2D eigenvalue weighted by Gasteiger charge is 2.12. The number of benzene rings is 3. The number of ether oxygens (including phenoxy) is 6. The second-order valence-corrected chi connectivity index (χ2v) is 12.2. The molecule has 3 rings (SSSR count). The summed E-state index contributed by atoms with van der Waals surface area (Å²) in [5.41, 5.74) is 20.0. The quantitative estimate of drug-likeness (QED) is 0.273. The molecule has 0 aromatic heterocycles. The van der Waals surface area contributed by atoms with Gasteiger partial charge in [0.2, 0.25) is 0 Å². The van der Waals surface area contributed by atoms with Gasteiger partial charge in [-0.05, 0) is 33.8 Å². The summed E-state index contributed by atoms with van der Waals surface area (Å²) < 4.78 is 32.9. The Morgan fingerprint density at radius 3 is 1.00 bits per heavy atom. The topological polar surface area (TPSA) is 55.4 Å². The fraction of sp³-hybridized carbons (Fsp3) is 0.200. The molecule has 199 valence electrons. The SMILES string of the molecule is COc1cccc([Si]C#C[Si](C#C[Si]c2cccc(OC)c2OC)C#C[Si]c2cccc(OC)c2OC)c1OC. The van der Waals surface area contributed by atoms with Gasteiger partial charge in [-0.1, -0.05) is 36.4 Å². The molecular formula is C30H27O6Si4. The van der Waals surface area contributed by atoms with Crippen LogP contribution in [-0.4, -0.2) is 80.0 Å². The largest absolute Gasteiger partial charge is 0.493 e. The summed E-state index contributed by atoms with van der Waals surface area (Å²) in [6.07, 6.45) is 0. The number of para-hydroxylation sites is 3. The van der Waals surface area contributed by atoms with Crippen LogP contribution in [0, 0.1) is 33.3 Å². The van der Waals surface area contributed by atoms with Crippen LogP contribution in [-0.2, 0) is 0 Å². The summed E-state index contributed by atoms with van der Waals surface area (Å²) in [4.78, 5) is 0. The molecule has 0 unspecified atom stereocenters. The molecule has 0 aliphatic carbocycles. The van der Waals surface area contributed by atoms with Crippen molar-refractivity contribution in [2.75, 3.05) is 42.7 Å². The minimum atomic E-state index is -1.64. The molecule has 3 aromatic rings. The lowest BCUT2D eigenvalue weighted by molar-refractivity contribution is 0.357. The van der Waals surface area contributed by atoms with Gasteiger partial charge in [0.05, 0.1) is 42.7 Å². The van der Waals surface area contributed by atoms with Gasteiger partial charge in [0.1, 0.15) is 0 Å². The molecule has 0 fully saturated rings. The van der Waals surface area contributed by atoms with E-state index in [-0.39, 0.29) is 28.6 Å². The Kier molecular flexibility index (Phi) is 12.4. The average molecular weight is 596 g/mol. The van der Waals surface area contributed by atoms with Crippen LogP contribution in [0.2, 0.25) is 0 Å². The molecular weight excluding hydrogens is 569 g/mol. The maximum atomic E-state index is 5.56. The zero-order chi connectivity index (χ0) is 28.7. The lowest BCUT2D eigenvalue weighted by Crippen LogP contribution is -2.19. The van der Waals surface area contributed by atoms with Crippen molar-refractivity contribution >= 4 is 52.9 Å². The van der Waals surface area contributed by atoms with Gasteiger partial charge >= 0.3 is 8.80 Å². The highest BCUT2D eigenvalue weighted by Crippen LogP contribution is 2.24. The Hall–Kier alpha value is -3.99. The van der Waals surface area contributed by atoms with Crippen LogP contribution in [0.4, 0.5) is 0 Å². The summed E-state index contributed by atoms with van der Waals surface area (Å²) in [6, 6.07) is 17.4. The predicted molar refractivity (Wildman–Crippen MR) is 164 cm³/mol. The van der Waals surface area contributed by atoms with Gasteiger partial charge < -0.3 is 28.4 Å². The zero-order valence-corrected chi connectivity index (χ0v) is 27.1. The molecule has 0 spiro atoms. The highest BCUT2D eigenvalue weighted by atomic mass is 28.3. The van der Waals surface area contributed by atoms with E-state index in [0.29, 0.717) is 34.5 Å². The smallest absolute Gasteiger partial charge is 0.315 e. The second-order valence-electron chi connectivity index (χ2n) is 7.62. The molecule has 0 N–H and O–H groups in total. The van der Waals surface area contributed by atoms with E-state index in [4.69, 9.17) is 28.4 Å². The normalized spacial score (nSPS) is 9.68. The Labute approximate surface area is 245 Å². The van der Waals surface area contributed by atoms with Crippen LogP contribution in [0.5, 0.6) is 34.5 Å². The molecule has 0 aliphatic rings. The summed E-state index contributed by atoms with van der Waals surface area (Å²) in [5.74, 6) is 4.13. The molecule has 0 amide bonds. The third-order valence-corrected chi connectivity index (χ3v) is 9.98. The van der Waals surface area contributed by atoms with E-state index in [1.165, 1.54) is 0 Å². The van der Waals surface area contributed by atoms with Crippen molar-refractivity contribution in [1.29, 1.82) is 0 Å². The third-order valence-electron chi connectivity index (χ3n) is 5.36. The van der Waals surface area contributed by atoms with Crippen LogP contribution < -0.4 is 44.0 Å². The van der Waals surface area contributed by atoms with Gasteiger partial charge in [-0.25, -0.2) is 0 Å². The predicted octanol–water partition coefficient (Wildman–Crippen LogP) is 1.12. The van der Waals surface area contributed by atoms with E-state index in [1.54, 1.807) is 42.7 Å². The number of methoxy groups -OCH3 is 6. The molecule has 0 bridgehead atoms. The average Bonchev–Trinajstić information content (AvgIpc) is 2.99. The first-order chi connectivity index (χ1) is 19.6. The van der Waals surface area contributed by atoms with Gasteiger partial charge in [-0.15, -0.1) is 33.3 Å². The summed E-state index contributed by atoms with van der Waals surface area (Å²) in [5, 5.41) is 2.92. The fourth-order valence-electron chi connectivity index (χ4n) is 3.53. The Bertz CT molecular complexity index is 1310. The van der Waals surface area contributed by atoms with Crippen molar-refractivity contribution < 1.29 is 28.4 Å². The maximum absolute atomic E-state index is 5.56. The maximum Gasteiger partial charge on any atom is 0.315 e. The van der Waals surface area contributed by atoms with Crippen molar-refractivity contribution in [1.82, 2.24) is 0 Å². The molecule has 0 atom stereocenters. The molecule has 0 aliphatic heterocycles. The Morgan fingerprint density at radius 1 is 0.450 bits per heavy atom. The van der Waals surface area contributed by atoms with E-state index in [1.807, 2.05) is 54.6 Å². The second kappa shape index (κ2) is 16.2. The molecule has 0 heterocycles. The van der Waals surface area contributed by atoms with Crippen LogP contribution in [0.25, 0.3) is 0 Å². The van der Waals surface area contributed by atoms with Gasteiger partial charge in [-0.2, -0.15) is 0 Å². The Morgan fingerprint density at radius 2 is 0.750 bits per heavy atom. The van der Waals surface area contributed by atoms with Crippen LogP contribution >= 0.6 is 0 Å². The van der Waals surface area contributed by atoms with Crippen LogP contribution in [0.15, 0.2) is 54.6 Å². The molecule has 10 heteroatoms. The van der Waals surface area contributed by atoms with E-state index in [2.05, 4.69) is 33.3 Å². The van der Waals surface area contributed by atoms with Gasteiger partial charge in [0.15, 0.2) is 63.1 Å². The minimum Gasteiger partial charge on any atom is -0.493 e. The van der Waals surface area contributed by atoms with E-state index in [9.17, 15) is 0 Å². The van der Waals surface area contributed by atoms with Crippen molar-refractivity contribution in [2.45, 2.75) is 0 Å². The van der Waals surface area contributed by atoms with E-state index >= 15 is 0 Å². The van der Waals surface area contributed by atoms with E-state index < -0.39 is 8.80 Å². The Balaban J connectivity index is 1.89. The first kappa shape index (κ1) is 30.5. The first-order valence-corrected chi connectivity index (χ1v) is 16.4. The summed E-state index contributed by atoms with van der Waals surface area (Å²) in [6.45, 7) is 0. The number of hydrogen-bond acceptors (Lipinski definition) is 6. The summed E-state index contributed by atoms with van der Waals surface area (Å²) >= 11 is 0. The van der Waals surface area contributed by atoms with Crippen molar-refractivity contribution in [3.8, 4) is 67.8 Å². The highest BCUT2D eigenvalue weighted by molar-refractivity contribution is 6.86. The standard InChI is InChI=1S/C30H27O6Si4/c1-31-22-10-7-13-25(28(22)34-4)37-16-19-40(20-17-38-26-14-8-11-23(32-2)29(26)35-5)21-18-39-27-15-9-12-24(33-3)30(27)36-6/h7-15H,1-6H3. The van der Waals surface area contributed by atoms with Crippen molar-refractivity contribution in [2.24, 2.45) is 0 Å². The molecule has 7 radical (unpaired) electrons. The fourth-order valence-corrected chi connectivity index (χ4v) is 7.93. The third kappa shape index (κ3) is 8.01. The summed E-state index contributed by atoms with van der Waals surface area (Å²) in [7, 11) is 8.75. The molecule has 3 aromatic carbocycles. The lowest BCUT2D eigenvalue weighted by Gasteiger charge is -2.10. The van der Waals surface area contributed by atoms with Crippen LogP contribution in [0.3, 0.4) is 0 Å². The monoisotopic (exact) mass is 595 g/mol. The van der Waals surface area contributed by atoms with E-state index in [0.717, 1.165) is 15.6 Å². The first-order valence-electron chi connectivity index (χ1n) is 11.9. The molecule has 6 nitrogen and oxygen atoms in total. The van der Waals surface area contributed by atoms with Gasteiger partial charge in [-0.3, -0.25) is 0 Å². The van der Waals surface area contributed by atoms with Crippen molar-refractivity contribution in [3.05, 3.63) is 54.6 Å². The van der Waals surface area contributed by atoms with Gasteiger partial charge in [0.25, 0.3) is 0 Å². The van der Waals surface area contributed by atoms with Gasteiger partial charge in [0, 0.05) is 0 Å². The number of hydrogen-bond donors (Lipinski definition) is 0. The minimum absolute atomic E-state index is 0.206. The lowest BCUT2D eigenvalue weighted by atomic mass is 10.3. The molecule has 0 saturated heterocycles. The zero-order valence-electron chi connectivity index (χ0n) is 23.1. The molecule has 40 heavy (non-hydrogen) atoms. The van der Waals surface area contributed by atoms with Crippen molar-refractivity contribution in [3.63, 3.8) is 0 Å².